The van der Waals surface area contributed by atoms with Crippen molar-refractivity contribution in [2.75, 3.05) is 26.7 Å². The smallest absolute Gasteiger partial charge is 0.227 e. The Balaban J connectivity index is 0.00000242. The number of nitrogens with one attached hydrogen (secondary N) is 1. The first-order chi connectivity index (χ1) is 10.0. The number of piperazine rings is 1. The van der Waals surface area contributed by atoms with E-state index in [4.69, 9.17) is 4.74 Å². The van der Waals surface area contributed by atoms with Crippen LogP contribution in [0.4, 0.5) is 0 Å². The van der Waals surface area contributed by atoms with Crippen molar-refractivity contribution >= 4 is 24.1 Å². The molecular formula is C16H23ClN2O3. The van der Waals surface area contributed by atoms with Gasteiger partial charge in [-0.25, -0.2) is 0 Å². The molecule has 1 aromatic rings. The quantitative estimate of drug-likeness (QED) is 0.855. The van der Waals surface area contributed by atoms with Crippen molar-refractivity contribution in [2.24, 2.45) is 0 Å². The Kier molecular flexibility index (Phi) is 6.84. The summed E-state index contributed by atoms with van der Waals surface area (Å²) in [4.78, 5) is 25.9. The lowest BCUT2D eigenvalue weighted by Gasteiger charge is -2.34. The summed E-state index contributed by atoms with van der Waals surface area (Å²) in [5.41, 5.74) is 1.37. The maximum atomic E-state index is 12.5. The topological polar surface area (TPSA) is 58.6 Å². The molecule has 1 heterocycles. The molecule has 122 valence electrons. The number of hydrogen-bond acceptors (Lipinski definition) is 4. The van der Waals surface area contributed by atoms with Crippen LogP contribution >= 0.6 is 12.4 Å². The highest BCUT2D eigenvalue weighted by atomic mass is 35.5. The van der Waals surface area contributed by atoms with E-state index in [0.29, 0.717) is 17.9 Å². The number of rotatable bonds is 4. The number of ether oxygens (including phenoxy) is 1. The molecule has 0 radical (unpaired) electrons. The van der Waals surface area contributed by atoms with Gasteiger partial charge >= 0.3 is 0 Å². The van der Waals surface area contributed by atoms with Crippen molar-refractivity contribution in [1.29, 1.82) is 0 Å². The van der Waals surface area contributed by atoms with Crippen molar-refractivity contribution in [3.05, 3.63) is 29.3 Å². The maximum Gasteiger partial charge on any atom is 0.227 e. The number of ketones is 1. The molecule has 0 bridgehead atoms. The molecule has 1 fully saturated rings. The molecule has 1 saturated heterocycles. The third-order valence-electron chi connectivity index (χ3n) is 3.85. The van der Waals surface area contributed by atoms with Gasteiger partial charge in [0.15, 0.2) is 5.78 Å². The monoisotopic (exact) mass is 326 g/mol. The number of carbonyl (C=O) groups excluding carboxylic acids is 2. The lowest BCUT2D eigenvalue weighted by atomic mass is 10.0. The van der Waals surface area contributed by atoms with Crippen LogP contribution in [0.5, 0.6) is 5.75 Å². The van der Waals surface area contributed by atoms with Gasteiger partial charge < -0.3 is 15.0 Å². The fourth-order valence-electron chi connectivity index (χ4n) is 2.61. The van der Waals surface area contributed by atoms with Gasteiger partial charge in [0.05, 0.1) is 13.5 Å². The van der Waals surface area contributed by atoms with Gasteiger partial charge in [0.1, 0.15) is 5.75 Å². The van der Waals surface area contributed by atoms with Crippen molar-refractivity contribution < 1.29 is 14.3 Å². The summed E-state index contributed by atoms with van der Waals surface area (Å²) >= 11 is 0. The van der Waals surface area contributed by atoms with Crippen LogP contribution < -0.4 is 10.1 Å². The van der Waals surface area contributed by atoms with Crippen LogP contribution in [0.25, 0.3) is 0 Å². The van der Waals surface area contributed by atoms with Crippen LogP contribution in [0.1, 0.15) is 29.8 Å². The predicted octanol–water partition coefficient (Wildman–Crippen LogP) is 1.68. The van der Waals surface area contributed by atoms with Crippen LogP contribution in [0.2, 0.25) is 0 Å². The Morgan fingerprint density at radius 1 is 1.41 bits per heavy atom. The molecule has 0 saturated carbocycles. The zero-order valence-corrected chi connectivity index (χ0v) is 14.0. The second-order valence-electron chi connectivity index (χ2n) is 5.40. The van der Waals surface area contributed by atoms with Crippen molar-refractivity contribution in [3.8, 4) is 5.75 Å². The fourth-order valence-corrected chi connectivity index (χ4v) is 2.61. The lowest BCUT2D eigenvalue weighted by molar-refractivity contribution is -0.133. The molecule has 5 nitrogen and oxygen atoms in total. The van der Waals surface area contributed by atoms with Crippen molar-refractivity contribution in [2.45, 2.75) is 26.3 Å². The van der Waals surface area contributed by atoms with E-state index < -0.39 is 0 Å². The molecule has 6 heteroatoms. The summed E-state index contributed by atoms with van der Waals surface area (Å²) in [5, 5.41) is 3.27. The molecule has 1 atom stereocenters. The third kappa shape index (κ3) is 4.21. The Hall–Kier alpha value is -1.59. The molecule has 1 aliphatic rings. The van der Waals surface area contributed by atoms with E-state index in [0.717, 1.165) is 18.7 Å². The van der Waals surface area contributed by atoms with Gasteiger partial charge in [-0.3, -0.25) is 9.59 Å². The minimum Gasteiger partial charge on any atom is -0.496 e. The van der Waals surface area contributed by atoms with Gasteiger partial charge in [-0.2, -0.15) is 0 Å². The molecule has 1 amide bonds. The number of carbonyl (C=O) groups is 2. The van der Waals surface area contributed by atoms with Crippen LogP contribution in [0.3, 0.4) is 0 Å². The summed E-state index contributed by atoms with van der Waals surface area (Å²) in [6.07, 6.45) is 0.259. The van der Waals surface area contributed by atoms with E-state index >= 15 is 0 Å². The van der Waals surface area contributed by atoms with Gasteiger partial charge in [0.25, 0.3) is 0 Å². The minimum atomic E-state index is -0.0121. The van der Waals surface area contributed by atoms with Gasteiger partial charge in [0, 0.05) is 36.8 Å². The molecule has 0 unspecified atom stereocenters. The van der Waals surface area contributed by atoms with Gasteiger partial charge in [-0.1, -0.05) is 0 Å². The Bertz CT molecular complexity index is 548. The molecule has 2 rings (SSSR count). The standard InChI is InChI=1S/C16H22N2O3.ClH/c1-11-10-17-6-7-18(11)16(20)9-14-8-13(12(2)19)4-5-15(14)21-3;/h4-5,8,11,17H,6-7,9-10H2,1-3H3;1H/t11-;/m0./s1. The molecule has 1 aromatic carbocycles. The second-order valence-corrected chi connectivity index (χ2v) is 5.40. The number of hydrogen-bond donors (Lipinski definition) is 1. The number of nitrogens with zero attached hydrogens (tertiary/aromatic N) is 1. The average molecular weight is 327 g/mol. The first kappa shape index (κ1) is 18.5. The maximum absolute atomic E-state index is 12.5. The highest BCUT2D eigenvalue weighted by Crippen LogP contribution is 2.22. The summed E-state index contributed by atoms with van der Waals surface area (Å²) in [6, 6.07) is 5.42. The van der Waals surface area contributed by atoms with E-state index in [-0.39, 0.29) is 36.6 Å². The number of halogens is 1. The number of methoxy groups -OCH3 is 1. The molecule has 1 N–H and O–H groups in total. The summed E-state index contributed by atoms with van der Waals surface area (Å²) in [6.45, 7) is 5.91. The Labute approximate surface area is 137 Å². The summed E-state index contributed by atoms with van der Waals surface area (Å²) in [7, 11) is 1.57. The second kappa shape index (κ2) is 8.15. The zero-order valence-electron chi connectivity index (χ0n) is 13.2. The molecule has 0 aromatic heterocycles. The van der Waals surface area contributed by atoms with Crippen LogP contribution in [0.15, 0.2) is 18.2 Å². The van der Waals surface area contributed by atoms with Gasteiger partial charge in [0.2, 0.25) is 5.91 Å². The van der Waals surface area contributed by atoms with Crippen molar-refractivity contribution in [3.63, 3.8) is 0 Å². The first-order valence-corrected chi connectivity index (χ1v) is 7.21. The van der Waals surface area contributed by atoms with Crippen LogP contribution in [-0.4, -0.2) is 49.4 Å². The number of Topliss-reactive ketones (excluding diaryl/α,β-unsaturated/α-hetero) is 1. The summed E-state index contributed by atoms with van der Waals surface area (Å²) in [5.74, 6) is 0.709. The molecule has 0 aliphatic carbocycles. The van der Waals surface area contributed by atoms with E-state index in [1.54, 1.807) is 25.3 Å². The molecule has 1 aliphatic heterocycles. The van der Waals surface area contributed by atoms with E-state index in [9.17, 15) is 9.59 Å². The van der Waals surface area contributed by atoms with Crippen LogP contribution in [0, 0.1) is 0 Å². The Morgan fingerprint density at radius 2 is 2.14 bits per heavy atom. The minimum absolute atomic E-state index is 0. The largest absolute Gasteiger partial charge is 0.496 e. The zero-order chi connectivity index (χ0) is 15.4. The van der Waals surface area contributed by atoms with E-state index in [2.05, 4.69) is 5.32 Å². The molecule has 0 spiro atoms. The predicted molar refractivity (Wildman–Crippen MR) is 88.0 cm³/mol. The summed E-state index contributed by atoms with van der Waals surface area (Å²) < 4.78 is 5.30. The van der Waals surface area contributed by atoms with Crippen molar-refractivity contribution in [1.82, 2.24) is 10.2 Å². The van der Waals surface area contributed by atoms with E-state index in [1.165, 1.54) is 6.92 Å². The SMILES string of the molecule is COc1ccc(C(C)=O)cc1CC(=O)N1CCNC[C@@H]1C.Cl. The first-order valence-electron chi connectivity index (χ1n) is 7.21. The number of benzene rings is 1. The normalized spacial score (nSPS) is 17.6. The average Bonchev–Trinajstić information content (AvgIpc) is 2.47. The van der Waals surface area contributed by atoms with Gasteiger partial charge in [-0.15, -0.1) is 12.4 Å². The highest BCUT2D eigenvalue weighted by Gasteiger charge is 2.24. The van der Waals surface area contributed by atoms with Gasteiger partial charge in [-0.05, 0) is 32.0 Å². The van der Waals surface area contributed by atoms with Crippen LogP contribution in [-0.2, 0) is 11.2 Å². The lowest BCUT2D eigenvalue weighted by Crippen LogP contribution is -2.52. The van der Waals surface area contributed by atoms with E-state index in [1.807, 2.05) is 11.8 Å². The highest BCUT2D eigenvalue weighted by molar-refractivity contribution is 5.94. The third-order valence-corrected chi connectivity index (χ3v) is 3.85. The number of amides is 1. The molecule has 22 heavy (non-hydrogen) atoms. The Morgan fingerprint density at radius 3 is 2.73 bits per heavy atom. The fraction of sp³-hybridized carbons (Fsp3) is 0.500. The molecular weight excluding hydrogens is 304 g/mol.